The van der Waals surface area contributed by atoms with Crippen LogP contribution in [-0.2, 0) is 0 Å². The Bertz CT molecular complexity index is 594. The van der Waals surface area contributed by atoms with Crippen LogP contribution in [0.15, 0.2) is 24.4 Å². The highest BCUT2D eigenvalue weighted by atomic mass is 35.5. The van der Waals surface area contributed by atoms with Gasteiger partial charge in [0.1, 0.15) is 0 Å². The minimum Gasteiger partial charge on any atom is -0.339 e. The number of anilines is 3. The number of nitrogens with one attached hydrogen (secondary N) is 1. The van der Waals surface area contributed by atoms with Crippen molar-refractivity contribution >= 4 is 40.7 Å². The van der Waals surface area contributed by atoms with Gasteiger partial charge in [0, 0.05) is 28.8 Å². The molecule has 0 aliphatic carbocycles. The van der Waals surface area contributed by atoms with Crippen molar-refractivity contribution in [3.63, 3.8) is 0 Å². The first-order valence-corrected chi connectivity index (χ1v) is 8.05. The number of halogens is 2. The fourth-order valence-corrected chi connectivity index (χ4v) is 2.64. The van der Waals surface area contributed by atoms with E-state index in [9.17, 15) is 0 Å². The van der Waals surface area contributed by atoms with Crippen LogP contribution < -0.4 is 10.2 Å². The summed E-state index contributed by atoms with van der Waals surface area (Å²) in [6.45, 7) is 6.07. The van der Waals surface area contributed by atoms with Gasteiger partial charge in [-0.1, -0.05) is 37.0 Å². The molecule has 0 aliphatic rings. The third-order valence-corrected chi connectivity index (χ3v) is 3.39. The summed E-state index contributed by atoms with van der Waals surface area (Å²) in [5, 5.41) is 12.4. The molecule has 0 radical (unpaired) electrons. The smallest absolute Gasteiger partial charge is 0.247 e. The molecule has 0 amide bonds. The van der Waals surface area contributed by atoms with Crippen molar-refractivity contribution in [2.45, 2.75) is 26.7 Å². The quantitative estimate of drug-likeness (QED) is 0.801. The van der Waals surface area contributed by atoms with Gasteiger partial charge in [-0.2, -0.15) is 10.1 Å². The number of aromatic nitrogens is 3. The molecule has 22 heavy (non-hydrogen) atoms. The third-order valence-electron chi connectivity index (χ3n) is 2.95. The minimum absolute atomic E-state index is 0.566. The molecule has 0 unspecified atom stereocenters. The second kappa shape index (κ2) is 8.15. The Balaban J connectivity index is 2.20. The van der Waals surface area contributed by atoms with Crippen LogP contribution >= 0.6 is 23.2 Å². The van der Waals surface area contributed by atoms with Gasteiger partial charge in [-0.15, -0.1) is 5.10 Å². The summed E-state index contributed by atoms with van der Waals surface area (Å²) in [4.78, 5) is 6.65. The molecule has 1 heterocycles. The summed E-state index contributed by atoms with van der Waals surface area (Å²) in [5.74, 6) is 1.24. The molecule has 1 aromatic carbocycles. The Morgan fingerprint density at radius 1 is 1.05 bits per heavy atom. The maximum absolute atomic E-state index is 6.00. The maximum atomic E-state index is 6.00. The Kier molecular flexibility index (Phi) is 6.21. The highest BCUT2D eigenvalue weighted by Crippen LogP contribution is 2.24. The fraction of sp³-hybridized carbons (Fsp3) is 0.400. The van der Waals surface area contributed by atoms with Gasteiger partial charge in [0.2, 0.25) is 5.95 Å². The Labute approximate surface area is 140 Å². The topological polar surface area (TPSA) is 53.9 Å². The highest BCUT2D eigenvalue weighted by Gasteiger charge is 2.09. The fourth-order valence-electron chi connectivity index (χ4n) is 2.11. The van der Waals surface area contributed by atoms with Crippen molar-refractivity contribution < 1.29 is 0 Å². The molecule has 0 saturated heterocycles. The van der Waals surface area contributed by atoms with Gasteiger partial charge in [0.05, 0.1) is 6.20 Å². The molecule has 0 bridgehead atoms. The summed E-state index contributed by atoms with van der Waals surface area (Å²) in [6, 6.07) is 5.25. The van der Waals surface area contributed by atoms with E-state index in [0.717, 1.165) is 31.6 Å². The van der Waals surface area contributed by atoms with Crippen LogP contribution in [0.25, 0.3) is 0 Å². The van der Waals surface area contributed by atoms with Crippen LogP contribution in [0.2, 0.25) is 10.0 Å². The molecule has 5 nitrogen and oxygen atoms in total. The Hall–Kier alpha value is -1.59. The van der Waals surface area contributed by atoms with Gasteiger partial charge in [-0.25, -0.2) is 0 Å². The lowest BCUT2D eigenvalue weighted by molar-refractivity contribution is 0.711. The average Bonchev–Trinajstić information content (AvgIpc) is 2.46. The molecule has 0 aliphatic heterocycles. The van der Waals surface area contributed by atoms with E-state index in [-0.39, 0.29) is 0 Å². The number of hydrogen-bond acceptors (Lipinski definition) is 5. The normalized spacial score (nSPS) is 10.5. The summed E-state index contributed by atoms with van der Waals surface area (Å²) < 4.78 is 0. The summed E-state index contributed by atoms with van der Waals surface area (Å²) in [7, 11) is 0. The second-order valence-electron chi connectivity index (χ2n) is 4.91. The number of benzene rings is 1. The van der Waals surface area contributed by atoms with Crippen molar-refractivity contribution in [3.8, 4) is 0 Å². The molecule has 0 spiro atoms. The first kappa shape index (κ1) is 16.8. The summed E-state index contributed by atoms with van der Waals surface area (Å²) >= 11 is 12.0. The van der Waals surface area contributed by atoms with Crippen LogP contribution in [-0.4, -0.2) is 28.3 Å². The molecule has 1 aromatic heterocycles. The number of rotatable bonds is 7. The standard InChI is InChI=1S/C15H19Cl2N5/c1-3-5-22(6-4-2)15-20-14(10-18-21-15)19-13-8-11(16)7-12(17)9-13/h7-10H,3-6H2,1-2H3,(H,19,20,21). The van der Waals surface area contributed by atoms with E-state index < -0.39 is 0 Å². The SMILES string of the molecule is CCCN(CCC)c1nncc(Nc2cc(Cl)cc(Cl)c2)n1. The van der Waals surface area contributed by atoms with E-state index in [1.807, 2.05) is 0 Å². The molecule has 7 heteroatoms. The Morgan fingerprint density at radius 3 is 2.27 bits per heavy atom. The predicted molar refractivity (Wildman–Crippen MR) is 92.4 cm³/mol. The Morgan fingerprint density at radius 2 is 1.68 bits per heavy atom. The monoisotopic (exact) mass is 339 g/mol. The van der Waals surface area contributed by atoms with Crippen LogP contribution in [0.4, 0.5) is 17.5 Å². The van der Waals surface area contributed by atoms with E-state index in [2.05, 4.69) is 39.2 Å². The predicted octanol–water partition coefficient (Wildman–Crippen LogP) is 4.55. The van der Waals surface area contributed by atoms with Crippen molar-refractivity contribution in [1.29, 1.82) is 0 Å². The molecule has 0 fully saturated rings. The van der Waals surface area contributed by atoms with Gasteiger partial charge < -0.3 is 10.2 Å². The largest absolute Gasteiger partial charge is 0.339 e. The van der Waals surface area contributed by atoms with E-state index in [1.54, 1.807) is 24.4 Å². The van der Waals surface area contributed by atoms with Gasteiger partial charge in [0.25, 0.3) is 0 Å². The zero-order valence-electron chi connectivity index (χ0n) is 12.7. The van der Waals surface area contributed by atoms with Crippen molar-refractivity contribution in [3.05, 3.63) is 34.4 Å². The van der Waals surface area contributed by atoms with E-state index in [4.69, 9.17) is 23.2 Å². The van der Waals surface area contributed by atoms with Crippen LogP contribution in [0, 0.1) is 0 Å². The van der Waals surface area contributed by atoms with E-state index in [1.165, 1.54) is 0 Å². The first-order chi connectivity index (χ1) is 10.6. The maximum Gasteiger partial charge on any atom is 0.247 e. The molecular formula is C15H19Cl2N5. The van der Waals surface area contributed by atoms with Gasteiger partial charge in [-0.05, 0) is 31.0 Å². The highest BCUT2D eigenvalue weighted by molar-refractivity contribution is 6.35. The molecule has 0 atom stereocenters. The van der Waals surface area contributed by atoms with Crippen LogP contribution in [0.1, 0.15) is 26.7 Å². The van der Waals surface area contributed by atoms with Gasteiger partial charge in [0.15, 0.2) is 5.82 Å². The third kappa shape index (κ3) is 4.71. The summed E-state index contributed by atoms with van der Waals surface area (Å²) in [5.41, 5.74) is 0.765. The van der Waals surface area contributed by atoms with E-state index in [0.29, 0.717) is 21.8 Å². The van der Waals surface area contributed by atoms with Crippen LogP contribution in [0.3, 0.4) is 0 Å². The molecule has 2 rings (SSSR count). The molecule has 2 aromatic rings. The first-order valence-electron chi connectivity index (χ1n) is 7.30. The lowest BCUT2D eigenvalue weighted by Gasteiger charge is -2.21. The lowest BCUT2D eigenvalue weighted by atomic mass is 10.3. The summed E-state index contributed by atoms with van der Waals surface area (Å²) in [6.07, 6.45) is 3.64. The number of nitrogens with zero attached hydrogens (tertiary/aromatic N) is 4. The van der Waals surface area contributed by atoms with E-state index >= 15 is 0 Å². The molecule has 0 saturated carbocycles. The van der Waals surface area contributed by atoms with Crippen molar-refractivity contribution in [2.24, 2.45) is 0 Å². The van der Waals surface area contributed by atoms with Crippen molar-refractivity contribution in [2.75, 3.05) is 23.3 Å². The number of hydrogen-bond donors (Lipinski definition) is 1. The molecule has 118 valence electrons. The molecular weight excluding hydrogens is 321 g/mol. The van der Waals surface area contributed by atoms with Gasteiger partial charge >= 0.3 is 0 Å². The lowest BCUT2D eigenvalue weighted by Crippen LogP contribution is -2.27. The van der Waals surface area contributed by atoms with Crippen LogP contribution in [0.5, 0.6) is 0 Å². The average molecular weight is 340 g/mol. The minimum atomic E-state index is 0.566. The van der Waals surface area contributed by atoms with Gasteiger partial charge in [-0.3, -0.25) is 0 Å². The molecule has 1 N–H and O–H groups in total. The second-order valence-corrected chi connectivity index (χ2v) is 5.78. The zero-order chi connectivity index (χ0) is 15.9. The van der Waals surface area contributed by atoms with Crippen molar-refractivity contribution in [1.82, 2.24) is 15.2 Å². The zero-order valence-corrected chi connectivity index (χ0v) is 14.2.